The van der Waals surface area contributed by atoms with E-state index in [-0.39, 0.29) is 17.0 Å². The monoisotopic (exact) mass is 488 g/mol. The van der Waals surface area contributed by atoms with E-state index in [9.17, 15) is 0 Å². The SMILES string of the molecule is CC.CCC12CC1(C)C1N(c3ccccc32)c2ncnc(-c3c(C)cccc3C)c2N1c1ccccc1. The molecular weight excluding hydrogens is 452 g/mol. The van der Waals surface area contributed by atoms with Gasteiger partial charge in [-0.05, 0) is 61.6 Å². The number of para-hydroxylation sites is 2. The van der Waals surface area contributed by atoms with Crippen LogP contribution in [0.4, 0.5) is 22.9 Å². The molecule has 3 unspecified atom stereocenters. The molecule has 1 fully saturated rings. The fraction of sp³-hybridized carbons (Fsp3) is 0.333. The number of anilines is 4. The third-order valence-corrected chi connectivity index (χ3v) is 9.00. The molecule has 3 aliphatic rings. The van der Waals surface area contributed by atoms with E-state index in [0.717, 1.165) is 23.6 Å². The lowest BCUT2D eigenvalue weighted by atomic mass is 9.78. The Hall–Kier alpha value is -3.66. The summed E-state index contributed by atoms with van der Waals surface area (Å²) in [6.45, 7) is 13.2. The largest absolute Gasteiger partial charge is 0.314 e. The van der Waals surface area contributed by atoms with Crippen LogP contribution in [-0.4, -0.2) is 16.1 Å². The Kier molecular flexibility index (Phi) is 5.41. The van der Waals surface area contributed by atoms with Crippen LogP contribution in [0.1, 0.15) is 57.2 Å². The van der Waals surface area contributed by atoms with Crippen LogP contribution >= 0.6 is 0 Å². The first-order chi connectivity index (χ1) is 18.0. The molecule has 4 heteroatoms. The maximum absolute atomic E-state index is 4.97. The summed E-state index contributed by atoms with van der Waals surface area (Å²) >= 11 is 0. The molecule has 0 bridgehead atoms. The fourth-order valence-corrected chi connectivity index (χ4v) is 7.30. The van der Waals surface area contributed by atoms with Gasteiger partial charge in [-0.2, -0.15) is 0 Å². The highest BCUT2D eigenvalue weighted by atomic mass is 15.5. The number of aromatic nitrogens is 2. The highest BCUT2D eigenvalue weighted by molar-refractivity contribution is 5.97. The summed E-state index contributed by atoms with van der Waals surface area (Å²) in [5.74, 6) is 1.01. The van der Waals surface area contributed by atoms with Crippen molar-refractivity contribution < 1.29 is 0 Å². The summed E-state index contributed by atoms with van der Waals surface area (Å²) in [5, 5.41) is 0. The molecule has 3 aromatic carbocycles. The molecule has 3 atom stereocenters. The van der Waals surface area contributed by atoms with Crippen LogP contribution in [0, 0.1) is 19.3 Å². The average Bonchev–Trinajstić information content (AvgIpc) is 3.43. The maximum atomic E-state index is 4.97. The van der Waals surface area contributed by atoms with Gasteiger partial charge in [0, 0.05) is 27.8 Å². The van der Waals surface area contributed by atoms with Crippen molar-refractivity contribution in [3.05, 3.63) is 95.8 Å². The zero-order chi connectivity index (χ0) is 25.9. The number of fused-ring (bicyclic) bond motifs is 8. The van der Waals surface area contributed by atoms with E-state index in [1.807, 2.05) is 13.8 Å². The molecule has 0 N–H and O–H groups in total. The van der Waals surface area contributed by atoms with Crippen LogP contribution in [0.3, 0.4) is 0 Å². The van der Waals surface area contributed by atoms with Gasteiger partial charge in [0.1, 0.15) is 23.9 Å². The molecule has 1 saturated carbocycles. The minimum atomic E-state index is 0.102. The summed E-state index contributed by atoms with van der Waals surface area (Å²) < 4.78 is 0. The van der Waals surface area contributed by atoms with Crippen molar-refractivity contribution in [2.45, 2.75) is 66.0 Å². The van der Waals surface area contributed by atoms with Gasteiger partial charge in [0.2, 0.25) is 0 Å². The van der Waals surface area contributed by atoms with Crippen LogP contribution in [0.2, 0.25) is 0 Å². The number of aryl methyl sites for hydroxylation is 2. The molecule has 2 aliphatic heterocycles. The molecule has 0 saturated heterocycles. The van der Waals surface area contributed by atoms with E-state index in [1.54, 1.807) is 6.33 Å². The normalized spacial score (nSPS) is 24.3. The van der Waals surface area contributed by atoms with Crippen LogP contribution in [0.25, 0.3) is 11.3 Å². The van der Waals surface area contributed by atoms with Gasteiger partial charge in [-0.1, -0.05) is 82.3 Å². The van der Waals surface area contributed by atoms with Crippen LogP contribution in [0.15, 0.2) is 79.1 Å². The Balaban J connectivity index is 0.00000123. The number of benzene rings is 3. The van der Waals surface area contributed by atoms with Gasteiger partial charge in [0.25, 0.3) is 0 Å². The Morgan fingerprint density at radius 2 is 1.51 bits per heavy atom. The molecule has 37 heavy (non-hydrogen) atoms. The minimum Gasteiger partial charge on any atom is -0.314 e. The molecule has 0 radical (unpaired) electrons. The Labute approximate surface area is 221 Å². The van der Waals surface area contributed by atoms with Gasteiger partial charge in [-0.3, -0.25) is 0 Å². The molecule has 188 valence electrons. The lowest BCUT2D eigenvalue weighted by Gasteiger charge is -2.45. The Morgan fingerprint density at radius 3 is 2.22 bits per heavy atom. The van der Waals surface area contributed by atoms with Gasteiger partial charge in [-0.25, -0.2) is 9.97 Å². The molecule has 7 rings (SSSR count). The van der Waals surface area contributed by atoms with Gasteiger partial charge in [-0.15, -0.1) is 0 Å². The summed E-state index contributed by atoms with van der Waals surface area (Å²) in [4.78, 5) is 15.0. The van der Waals surface area contributed by atoms with E-state index >= 15 is 0 Å². The number of rotatable bonds is 3. The Morgan fingerprint density at radius 1 is 0.838 bits per heavy atom. The highest BCUT2D eigenvalue weighted by Crippen LogP contribution is 2.76. The third kappa shape index (κ3) is 3.02. The first-order valence-electron chi connectivity index (χ1n) is 13.7. The van der Waals surface area contributed by atoms with E-state index in [4.69, 9.17) is 9.97 Å². The van der Waals surface area contributed by atoms with Crippen LogP contribution in [0.5, 0.6) is 0 Å². The zero-order valence-electron chi connectivity index (χ0n) is 22.8. The molecule has 1 aliphatic carbocycles. The molecule has 4 aromatic rings. The zero-order valence-corrected chi connectivity index (χ0v) is 22.8. The van der Waals surface area contributed by atoms with Crippen molar-refractivity contribution in [2.75, 3.05) is 9.80 Å². The smallest absolute Gasteiger partial charge is 0.162 e. The minimum absolute atomic E-state index is 0.102. The number of hydrogen-bond acceptors (Lipinski definition) is 4. The molecule has 0 spiro atoms. The second-order valence-electron chi connectivity index (χ2n) is 10.7. The summed E-state index contributed by atoms with van der Waals surface area (Å²) in [5.41, 5.74) is 10.1. The van der Waals surface area contributed by atoms with Crippen molar-refractivity contribution in [1.29, 1.82) is 0 Å². The lowest BCUT2D eigenvalue weighted by Crippen LogP contribution is -2.50. The number of nitrogens with zero attached hydrogens (tertiary/aromatic N) is 4. The van der Waals surface area contributed by atoms with Crippen molar-refractivity contribution in [3.8, 4) is 11.3 Å². The quantitative estimate of drug-likeness (QED) is 0.289. The van der Waals surface area contributed by atoms with Gasteiger partial charge in [0.15, 0.2) is 5.82 Å². The standard InChI is InChI=1S/C31H30N4.C2H6/c1-5-31-18-30(31,4)29-34(22-14-7-6-8-15-22)27-26(25-20(2)12-11-13-21(25)3)32-19-33-28(27)35(29)24-17-10-9-16-23(24)31;1-2/h6-17,19,29H,5,18H2,1-4H3;1-2H3. The highest BCUT2D eigenvalue weighted by Gasteiger charge is 2.74. The van der Waals surface area contributed by atoms with Crippen molar-refractivity contribution in [3.63, 3.8) is 0 Å². The van der Waals surface area contributed by atoms with E-state index in [1.165, 1.54) is 40.0 Å². The second-order valence-corrected chi connectivity index (χ2v) is 10.7. The van der Waals surface area contributed by atoms with Gasteiger partial charge < -0.3 is 9.80 Å². The maximum Gasteiger partial charge on any atom is 0.162 e. The molecular formula is C33H36N4. The van der Waals surface area contributed by atoms with Crippen molar-refractivity contribution >= 4 is 22.9 Å². The average molecular weight is 489 g/mol. The van der Waals surface area contributed by atoms with E-state index in [2.05, 4.69) is 110 Å². The summed E-state index contributed by atoms with van der Waals surface area (Å²) in [6.07, 6.45) is 4.22. The fourth-order valence-electron chi connectivity index (χ4n) is 7.30. The van der Waals surface area contributed by atoms with Crippen LogP contribution in [-0.2, 0) is 5.41 Å². The molecule has 1 aromatic heterocycles. The van der Waals surface area contributed by atoms with Crippen molar-refractivity contribution in [1.82, 2.24) is 9.97 Å². The molecule has 0 amide bonds. The number of hydrogen-bond donors (Lipinski definition) is 0. The predicted octanol–water partition coefficient (Wildman–Crippen LogP) is 8.47. The second kappa shape index (κ2) is 8.44. The first kappa shape index (κ1) is 23.7. The van der Waals surface area contributed by atoms with Gasteiger partial charge in [0.05, 0.1) is 0 Å². The topological polar surface area (TPSA) is 32.3 Å². The first-order valence-corrected chi connectivity index (χ1v) is 13.7. The Bertz CT molecular complexity index is 1460. The van der Waals surface area contributed by atoms with E-state index < -0.39 is 0 Å². The summed E-state index contributed by atoms with van der Waals surface area (Å²) in [6, 6.07) is 26.3. The molecule has 4 nitrogen and oxygen atoms in total. The summed E-state index contributed by atoms with van der Waals surface area (Å²) in [7, 11) is 0. The molecule has 3 heterocycles. The van der Waals surface area contributed by atoms with Gasteiger partial charge >= 0.3 is 0 Å². The lowest BCUT2D eigenvalue weighted by molar-refractivity contribution is 0.352. The van der Waals surface area contributed by atoms with Crippen LogP contribution < -0.4 is 9.80 Å². The third-order valence-electron chi connectivity index (χ3n) is 9.00. The predicted molar refractivity (Wildman–Crippen MR) is 154 cm³/mol. The van der Waals surface area contributed by atoms with Crippen molar-refractivity contribution in [2.24, 2.45) is 5.41 Å². The van der Waals surface area contributed by atoms with E-state index in [0.29, 0.717) is 0 Å².